The monoisotopic (exact) mass is 149 g/mol. The molecule has 0 spiro atoms. The number of rotatable bonds is 3. The molecule has 0 aliphatic rings. The van der Waals surface area contributed by atoms with Crippen LogP contribution in [0.25, 0.3) is 0 Å². The van der Waals surface area contributed by atoms with Crippen LogP contribution in [0.2, 0.25) is 0 Å². The fourth-order valence-electron chi connectivity index (χ4n) is 0.678. The van der Waals surface area contributed by atoms with Gasteiger partial charge in [-0.1, -0.05) is 5.92 Å². The van der Waals surface area contributed by atoms with Crippen LogP contribution in [0.15, 0.2) is 0 Å². The second kappa shape index (κ2) is 5.83. The summed E-state index contributed by atoms with van der Waals surface area (Å²) in [5.41, 5.74) is 0. The second-order valence-corrected chi connectivity index (χ2v) is 2.50. The molecule has 0 bridgehead atoms. The summed E-state index contributed by atoms with van der Waals surface area (Å²) in [6.45, 7) is 4.82. The molecule has 0 radical (unpaired) electrons. The van der Waals surface area contributed by atoms with Crippen LogP contribution in [0, 0.1) is 24.2 Å². The topological polar surface area (TPSA) is 3.24 Å². The van der Waals surface area contributed by atoms with E-state index in [0.29, 0.717) is 0 Å². The molecule has 1 nitrogen and oxygen atoms in total. The van der Waals surface area contributed by atoms with E-state index >= 15 is 0 Å². The molecule has 0 N–H and O–H groups in total. The lowest BCUT2D eigenvalue weighted by molar-refractivity contribution is 0.312. The summed E-state index contributed by atoms with van der Waals surface area (Å²) in [4.78, 5) is 2.12. The van der Waals surface area contributed by atoms with Crippen molar-refractivity contribution in [1.29, 1.82) is 0 Å². The number of hydrogen-bond acceptors (Lipinski definition) is 1. The molecule has 0 rings (SSSR count). The van der Waals surface area contributed by atoms with Crippen LogP contribution in [0.3, 0.4) is 0 Å². The molecule has 0 aliphatic carbocycles. The van der Waals surface area contributed by atoms with Crippen LogP contribution < -0.4 is 0 Å². The van der Waals surface area contributed by atoms with Crippen molar-refractivity contribution in [2.24, 2.45) is 0 Å². The fourth-order valence-corrected chi connectivity index (χ4v) is 0.678. The standard InChI is InChI=1S/C10H15N/c1-5-7-8-9-11(4)10(3)6-2/h2,10H,8-9H2,1,3-4H3. The van der Waals surface area contributed by atoms with Gasteiger partial charge in [-0.25, -0.2) is 0 Å². The van der Waals surface area contributed by atoms with Gasteiger partial charge in [0.15, 0.2) is 0 Å². The van der Waals surface area contributed by atoms with E-state index < -0.39 is 0 Å². The highest BCUT2D eigenvalue weighted by atomic mass is 15.1. The Morgan fingerprint density at radius 2 is 2.18 bits per heavy atom. The Balaban J connectivity index is 3.59. The molecule has 0 aromatic rings. The largest absolute Gasteiger partial charge is 0.292 e. The van der Waals surface area contributed by atoms with Gasteiger partial charge >= 0.3 is 0 Å². The van der Waals surface area contributed by atoms with E-state index in [9.17, 15) is 0 Å². The quantitative estimate of drug-likeness (QED) is 0.547. The maximum absolute atomic E-state index is 5.25. The molecule has 1 atom stereocenters. The molecule has 0 heterocycles. The predicted octanol–water partition coefficient (Wildman–Crippen LogP) is 1.35. The van der Waals surface area contributed by atoms with Crippen molar-refractivity contribution < 1.29 is 0 Å². The highest BCUT2D eigenvalue weighted by Crippen LogP contribution is 1.93. The third kappa shape index (κ3) is 4.48. The maximum atomic E-state index is 5.25. The lowest BCUT2D eigenvalue weighted by Crippen LogP contribution is -2.28. The number of terminal acetylenes is 1. The molecule has 11 heavy (non-hydrogen) atoms. The zero-order chi connectivity index (χ0) is 8.69. The van der Waals surface area contributed by atoms with E-state index in [4.69, 9.17) is 6.42 Å². The molecule has 0 amide bonds. The SMILES string of the molecule is C#CC(C)N(C)CCC#CC. The summed E-state index contributed by atoms with van der Waals surface area (Å²) in [5.74, 6) is 8.52. The Kier molecular flexibility index (Phi) is 5.35. The van der Waals surface area contributed by atoms with Crippen molar-refractivity contribution in [2.45, 2.75) is 26.3 Å². The van der Waals surface area contributed by atoms with Crippen molar-refractivity contribution in [3.63, 3.8) is 0 Å². The molecule has 0 saturated heterocycles. The third-order valence-electron chi connectivity index (χ3n) is 1.67. The van der Waals surface area contributed by atoms with Gasteiger partial charge in [0.05, 0.1) is 6.04 Å². The first-order chi connectivity index (χ1) is 5.22. The van der Waals surface area contributed by atoms with Gasteiger partial charge in [0.1, 0.15) is 0 Å². The van der Waals surface area contributed by atoms with Gasteiger partial charge in [-0.05, 0) is 20.9 Å². The van der Waals surface area contributed by atoms with Crippen LogP contribution in [-0.4, -0.2) is 24.5 Å². The summed E-state index contributed by atoms with van der Waals surface area (Å²) in [7, 11) is 2.02. The maximum Gasteiger partial charge on any atom is 0.0681 e. The smallest absolute Gasteiger partial charge is 0.0681 e. The van der Waals surface area contributed by atoms with Crippen LogP contribution in [-0.2, 0) is 0 Å². The summed E-state index contributed by atoms with van der Waals surface area (Å²) < 4.78 is 0. The zero-order valence-corrected chi connectivity index (χ0v) is 7.52. The molecule has 0 aliphatic heterocycles. The zero-order valence-electron chi connectivity index (χ0n) is 7.52. The van der Waals surface area contributed by atoms with Crippen molar-refractivity contribution in [3.05, 3.63) is 0 Å². The first-order valence-electron chi connectivity index (χ1n) is 3.78. The molecule has 0 aromatic heterocycles. The summed E-state index contributed by atoms with van der Waals surface area (Å²) >= 11 is 0. The lowest BCUT2D eigenvalue weighted by Gasteiger charge is -2.18. The first kappa shape index (κ1) is 10.1. The Hall–Kier alpha value is -0.920. The van der Waals surface area contributed by atoms with E-state index in [0.717, 1.165) is 13.0 Å². The Morgan fingerprint density at radius 1 is 1.55 bits per heavy atom. The predicted molar refractivity (Wildman–Crippen MR) is 49.0 cm³/mol. The lowest BCUT2D eigenvalue weighted by atomic mass is 10.3. The van der Waals surface area contributed by atoms with Gasteiger partial charge in [-0.15, -0.1) is 18.3 Å². The van der Waals surface area contributed by atoms with E-state index in [1.54, 1.807) is 0 Å². The van der Waals surface area contributed by atoms with Gasteiger partial charge in [-0.2, -0.15) is 0 Å². The van der Waals surface area contributed by atoms with Crippen LogP contribution in [0.4, 0.5) is 0 Å². The fraction of sp³-hybridized carbons (Fsp3) is 0.600. The first-order valence-corrected chi connectivity index (χ1v) is 3.78. The average molecular weight is 149 g/mol. The van der Waals surface area contributed by atoms with Crippen molar-refractivity contribution in [1.82, 2.24) is 4.90 Å². The van der Waals surface area contributed by atoms with E-state index in [1.807, 2.05) is 20.9 Å². The molecular formula is C10H15N. The highest BCUT2D eigenvalue weighted by molar-refractivity contribution is 4.99. The average Bonchev–Trinajstić information content (AvgIpc) is 2.03. The van der Waals surface area contributed by atoms with Crippen molar-refractivity contribution in [2.75, 3.05) is 13.6 Å². The van der Waals surface area contributed by atoms with Crippen LogP contribution in [0.5, 0.6) is 0 Å². The minimum Gasteiger partial charge on any atom is -0.292 e. The third-order valence-corrected chi connectivity index (χ3v) is 1.67. The molecule has 1 unspecified atom stereocenters. The minimum atomic E-state index is 0.216. The Morgan fingerprint density at radius 3 is 2.64 bits per heavy atom. The molecular weight excluding hydrogens is 134 g/mol. The van der Waals surface area contributed by atoms with Gasteiger partial charge < -0.3 is 0 Å². The van der Waals surface area contributed by atoms with Gasteiger partial charge in [0.2, 0.25) is 0 Å². The van der Waals surface area contributed by atoms with E-state index in [-0.39, 0.29) is 6.04 Å². The number of hydrogen-bond donors (Lipinski definition) is 0. The molecule has 1 heteroatoms. The highest BCUT2D eigenvalue weighted by Gasteiger charge is 2.02. The molecule has 0 aromatic carbocycles. The van der Waals surface area contributed by atoms with E-state index in [2.05, 4.69) is 22.7 Å². The second-order valence-electron chi connectivity index (χ2n) is 2.50. The summed E-state index contributed by atoms with van der Waals surface area (Å²) in [5, 5.41) is 0. The van der Waals surface area contributed by atoms with Crippen molar-refractivity contribution >= 4 is 0 Å². The van der Waals surface area contributed by atoms with Crippen LogP contribution >= 0.6 is 0 Å². The molecule has 0 fully saturated rings. The van der Waals surface area contributed by atoms with E-state index in [1.165, 1.54) is 0 Å². The minimum absolute atomic E-state index is 0.216. The summed E-state index contributed by atoms with van der Waals surface area (Å²) in [6.07, 6.45) is 6.15. The Labute approximate surface area is 69.8 Å². The molecule has 0 saturated carbocycles. The molecule has 60 valence electrons. The van der Waals surface area contributed by atoms with Gasteiger partial charge in [0, 0.05) is 13.0 Å². The van der Waals surface area contributed by atoms with Crippen molar-refractivity contribution in [3.8, 4) is 24.2 Å². The van der Waals surface area contributed by atoms with Gasteiger partial charge in [0.25, 0.3) is 0 Å². The van der Waals surface area contributed by atoms with Gasteiger partial charge in [-0.3, -0.25) is 4.90 Å². The number of nitrogens with zero attached hydrogens (tertiary/aromatic N) is 1. The Bertz CT molecular complexity index is 189. The van der Waals surface area contributed by atoms with Crippen LogP contribution in [0.1, 0.15) is 20.3 Å². The normalized spacial score (nSPS) is 11.5. The summed E-state index contributed by atoms with van der Waals surface area (Å²) in [6, 6.07) is 0.216.